The van der Waals surface area contributed by atoms with Crippen molar-refractivity contribution >= 4 is 5.91 Å². The summed E-state index contributed by atoms with van der Waals surface area (Å²) in [5.41, 5.74) is 0. The SMILES string of the molecule is CCCCCCCCCCCCC/C=C/CC/C=C/CC/C=C/C(O)C(CO)NC(=O)CCCCCCCCCCCCCCCCCCC/C=C\CCCCCCCCCCCCCCCCCC. The van der Waals surface area contributed by atoms with Crippen LogP contribution in [0.1, 0.15) is 348 Å². The maximum Gasteiger partial charge on any atom is 0.220 e. The Bertz CT molecular complexity index is 1110. The maximum absolute atomic E-state index is 12.5. The fourth-order valence-electron chi connectivity index (χ4n) is 9.92. The van der Waals surface area contributed by atoms with E-state index in [1.807, 2.05) is 6.08 Å². The molecule has 0 saturated carbocycles. The Morgan fingerprint density at radius 2 is 0.557 bits per heavy atom. The molecule has 0 aromatic heterocycles. The molecule has 0 bridgehead atoms. The highest BCUT2D eigenvalue weighted by Gasteiger charge is 2.18. The van der Waals surface area contributed by atoms with Crippen molar-refractivity contribution in [3.8, 4) is 0 Å². The Hall–Kier alpha value is -1.65. The zero-order valence-electron chi connectivity index (χ0n) is 47.6. The van der Waals surface area contributed by atoms with Gasteiger partial charge in [-0.15, -0.1) is 0 Å². The summed E-state index contributed by atoms with van der Waals surface area (Å²) in [6.45, 7) is 4.33. The second-order valence-electron chi connectivity index (χ2n) is 21.8. The van der Waals surface area contributed by atoms with E-state index in [9.17, 15) is 15.0 Å². The Balaban J connectivity index is 3.46. The van der Waals surface area contributed by atoms with E-state index in [0.29, 0.717) is 6.42 Å². The molecule has 1 amide bonds. The third-order valence-corrected chi connectivity index (χ3v) is 14.8. The molecule has 0 aromatic carbocycles. The van der Waals surface area contributed by atoms with Gasteiger partial charge in [-0.05, 0) is 70.6 Å². The molecule has 0 heterocycles. The fourth-order valence-corrected chi connectivity index (χ4v) is 9.92. The molecule has 0 fully saturated rings. The molecule has 0 spiro atoms. The molecule has 0 aliphatic carbocycles. The van der Waals surface area contributed by atoms with Crippen LogP contribution in [-0.4, -0.2) is 34.9 Å². The zero-order chi connectivity index (χ0) is 50.6. The van der Waals surface area contributed by atoms with Crippen molar-refractivity contribution in [1.29, 1.82) is 0 Å². The lowest BCUT2D eigenvalue weighted by Gasteiger charge is -2.19. The minimum Gasteiger partial charge on any atom is -0.394 e. The van der Waals surface area contributed by atoms with E-state index in [4.69, 9.17) is 0 Å². The molecular formula is C66H125NO3. The molecule has 0 aliphatic rings. The van der Waals surface area contributed by atoms with E-state index in [0.717, 1.165) is 38.5 Å². The molecular weight excluding hydrogens is 855 g/mol. The topological polar surface area (TPSA) is 69.6 Å². The molecule has 412 valence electrons. The minimum absolute atomic E-state index is 0.0729. The monoisotopic (exact) mass is 980 g/mol. The summed E-state index contributed by atoms with van der Waals surface area (Å²) < 4.78 is 0. The smallest absolute Gasteiger partial charge is 0.220 e. The van der Waals surface area contributed by atoms with Crippen molar-refractivity contribution in [2.45, 2.75) is 360 Å². The van der Waals surface area contributed by atoms with E-state index in [1.165, 1.54) is 289 Å². The standard InChI is InChI=1S/C66H125NO3/c1-3-5-7-9-11-13-15-17-19-21-23-25-26-27-28-29-30-31-32-33-34-35-36-37-38-39-40-42-44-46-48-50-52-54-56-58-60-62-66(70)67-64(63-68)65(69)61-59-57-55-53-51-49-47-45-43-41-24-22-20-18-16-14-12-10-8-6-4-2/h31-32,43,45,51,53,59,61,64-65,68-69H,3-30,33-42,44,46-50,52,54-58,60,62-63H2,1-2H3,(H,67,70)/b32-31-,45-43+,53-51+,61-59+. The van der Waals surface area contributed by atoms with Crippen LogP contribution >= 0.6 is 0 Å². The largest absolute Gasteiger partial charge is 0.394 e. The Kier molecular flexibility index (Phi) is 60.2. The number of unbranched alkanes of at least 4 members (excludes halogenated alkanes) is 46. The van der Waals surface area contributed by atoms with Crippen molar-refractivity contribution in [3.63, 3.8) is 0 Å². The molecule has 0 aromatic rings. The van der Waals surface area contributed by atoms with E-state index in [-0.39, 0.29) is 12.5 Å². The molecule has 0 aliphatic heterocycles. The molecule has 3 N–H and O–H groups in total. The Morgan fingerprint density at radius 3 is 0.829 bits per heavy atom. The summed E-state index contributed by atoms with van der Waals surface area (Å²) in [4.78, 5) is 12.5. The van der Waals surface area contributed by atoms with Gasteiger partial charge < -0.3 is 15.5 Å². The third kappa shape index (κ3) is 57.3. The van der Waals surface area contributed by atoms with Crippen LogP contribution in [0, 0.1) is 0 Å². The van der Waals surface area contributed by atoms with Crippen molar-refractivity contribution in [1.82, 2.24) is 5.32 Å². The van der Waals surface area contributed by atoms with Gasteiger partial charge in [-0.2, -0.15) is 0 Å². The van der Waals surface area contributed by atoms with Gasteiger partial charge in [0.2, 0.25) is 5.91 Å². The highest BCUT2D eigenvalue weighted by atomic mass is 16.3. The van der Waals surface area contributed by atoms with Gasteiger partial charge in [0.25, 0.3) is 0 Å². The molecule has 2 unspecified atom stereocenters. The van der Waals surface area contributed by atoms with E-state index < -0.39 is 12.1 Å². The normalized spacial score (nSPS) is 13.0. The third-order valence-electron chi connectivity index (χ3n) is 14.8. The molecule has 2 atom stereocenters. The first-order valence-electron chi connectivity index (χ1n) is 31.9. The maximum atomic E-state index is 12.5. The highest BCUT2D eigenvalue weighted by Crippen LogP contribution is 2.18. The van der Waals surface area contributed by atoms with E-state index >= 15 is 0 Å². The summed E-state index contributed by atoms with van der Waals surface area (Å²) in [5.74, 6) is -0.0729. The summed E-state index contributed by atoms with van der Waals surface area (Å²) >= 11 is 0. The van der Waals surface area contributed by atoms with Crippen molar-refractivity contribution in [3.05, 3.63) is 48.6 Å². The summed E-state index contributed by atoms with van der Waals surface area (Å²) in [5, 5.41) is 23.2. The molecule has 4 nitrogen and oxygen atoms in total. The van der Waals surface area contributed by atoms with Crippen LogP contribution in [0.4, 0.5) is 0 Å². The number of amides is 1. The Labute approximate surface area is 439 Å². The van der Waals surface area contributed by atoms with Crippen molar-refractivity contribution in [2.24, 2.45) is 0 Å². The van der Waals surface area contributed by atoms with Gasteiger partial charge in [0.05, 0.1) is 18.8 Å². The lowest BCUT2D eigenvalue weighted by atomic mass is 10.0. The average Bonchev–Trinajstić information content (AvgIpc) is 3.36. The number of carbonyl (C=O) groups is 1. The van der Waals surface area contributed by atoms with Crippen LogP contribution in [-0.2, 0) is 4.79 Å². The van der Waals surface area contributed by atoms with Gasteiger partial charge >= 0.3 is 0 Å². The summed E-state index contributed by atoms with van der Waals surface area (Å²) in [6.07, 6.45) is 86.1. The fraction of sp³-hybridized carbons (Fsp3) is 0.864. The lowest BCUT2D eigenvalue weighted by Crippen LogP contribution is -2.45. The molecule has 0 radical (unpaired) electrons. The van der Waals surface area contributed by atoms with Gasteiger partial charge in [0.1, 0.15) is 0 Å². The molecule has 4 heteroatoms. The van der Waals surface area contributed by atoms with Gasteiger partial charge in [0.15, 0.2) is 0 Å². The lowest BCUT2D eigenvalue weighted by molar-refractivity contribution is -0.123. The van der Waals surface area contributed by atoms with Crippen molar-refractivity contribution < 1.29 is 15.0 Å². The number of aliphatic hydroxyl groups excluding tert-OH is 2. The van der Waals surface area contributed by atoms with E-state index in [1.54, 1.807) is 6.08 Å². The number of allylic oxidation sites excluding steroid dienone is 7. The number of aliphatic hydroxyl groups is 2. The van der Waals surface area contributed by atoms with Crippen LogP contribution in [0.15, 0.2) is 48.6 Å². The first kappa shape index (κ1) is 68.4. The predicted molar refractivity (Wildman–Crippen MR) is 313 cm³/mol. The van der Waals surface area contributed by atoms with Gasteiger partial charge in [-0.25, -0.2) is 0 Å². The Morgan fingerprint density at radius 1 is 0.329 bits per heavy atom. The van der Waals surface area contributed by atoms with Crippen molar-refractivity contribution in [2.75, 3.05) is 6.61 Å². The summed E-state index contributed by atoms with van der Waals surface area (Å²) in [6, 6.07) is -0.646. The number of nitrogens with one attached hydrogen (secondary N) is 1. The van der Waals surface area contributed by atoms with Crippen LogP contribution in [0.3, 0.4) is 0 Å². The van der Waals surface area contributed by atoms with E-state index in [2.05, 4.69) is 55.6 Å². The van der Waals surface area contributed by atoms with Crippen LogP contribution in [0.2, 0.25) is 0 Å². The highest BCUT2D eigenvalue weighted by molar-refractivity contribution is 5.76. The number of hydrogen-bond acceptors (Lipinski definition) is 3. The predicted octanol–water partition coefficient (Wildman–Crippen LogP) is 21.4. The second kappa shape index (κ2) is 61.6. The minimum atomic E-state index is -0.871. The van der Waals surface area contributed by atoms with Crippen LogP contribution in [0.5, 0.6) is 0 Å². The quantitative estimate of drug-likeness (QED) is 0.0420. The van der Waals surface area contributed by atoms with Gasteiger partial charge in [0, 0.05) is 6.42 Å². The number of rotatable bonds is 59. The number of carbonyl (C=O) groups excluding carboxylic acids is 1. The number of hydrogen-bond donors (Lipinski definition) is 3. The molecule has 0 saturated heterocycles. The van der Waals surface area contributed by atoms with Gasteiger partial charge in [-0.1, -0.05) is 319 Å². The average molecular weight is 981 g/mol. The van der Waals surface area contributed by atoms with Crippen LogP contribution in [0.25, 0.3) is 0 Å². The molecule has 0 rings (SSSR count). The second-order valence-corrected chi connectivity index (χ2v) is 21.8. The van der Waals surface area contributed by atoms with Gasteiger partial charge in [-0.3, -0.25) is 4.79 Å². The first-order valence-corrected chi connectivity index (χ1v) is 31.9. The first-order chi connectivity index (χ1) is 34.7. The summed E-state index contributed by atoms with van der Waals surface area (Å²) in [7, 11) is 0. The molecule has 70 heavy (non-hydrogen) atoms. The zero-order valence-corrected chi connectivity index (χ0v) is 47.6. The van der Waals surface area contributed by atoms with Crippen LogP contribution < -0.4 is 5.32 Å².